The average Bonchev–Trinajstić information content (AvgIpc) is 3.30. The standard InChI is InChI=1S/C28H24ClF3N4O4/c1-2-40-23(37)16-33-26(34-25(38)19-10-14-22(29)15-11-19)36-17-27(39,20-6-4-3-5-7-20)24(35-36)18-8-12-21(13-9-18)28(30,31)32/h3-15,39H,2,16-17H2,1H3,(H,33,34,38). The van der Waals surface area contributed by atoms with Crippen molar-refractivity contribution < 1.29 is 32.6 Å². The minimum Gasteiger partial charge on any atom is -0.465 e. The Hall–Kier alpha value is -4.22. The molecular weight excluding hydrogens is 549 g/mol. The molecule has 1 amide bonds. The van der Waals surface area contributed by atoms with Gasteiger partial charge in [-0.2, -0.15) is 18.3 Å². The molecule has 0 saturated carbocycles. The van der Waals surface area contributed by atoms with E-state index in [0.717, 1.165) is 12.1 Å². The third-order valence-electron chi connectivity index (χ3n) is 5.97. The number of guanidine groups is 1. The van der Waals surface area contributed by atoms with E-state index in [1.54, 1.807) is 37.3 Å². The summed E-state index contributed by atoms with van der Waals surface area (Å²) in [6, 6.07) is 18.6. The lowest BCUT2D eigenvalue weighted by Gasteiger charge is -2.26. The van der Waals surface area contributed by atoms with Gasteiger partial charge in [-0.1, -0.05) is 54.1 Å². The lowest BCUT2D eigenvalue weighted by atomic mass is 9.85. The van der Waals surface area contributed by atoms with Crippen LogP contribution in [0.5, 0.6) is 0 Å². The smallest absolute Gasteiger partial charge is 0.416 e. The number of carbonyl (C=O) groups is 2. The normalized spacial score (nSPS) is 17.4. The minimum absolute atomic E-state index is 0.0250. The molecule has 1 unspecified atom stereocenters. The van der Waals surface area contributed by atoms with Crippen LogP contribution in [-0.2, 0) is 21.3 Å². The third kappa shape index (κ3) is 6.49. The predicted molar refractivity (Wildman–Crippen MR) is 143 cm³/mol. The van der Waals surface area contributed by atoms with E-state index in [-0.39, 0.29) is 35.9 Å². The number of esters is 1. The van der Waals surface area contributed by atoms with Gasteiger partial charge in [0.15, 0.2) is 5.60 Å². The first kappa shape index (κ1) is 28.8. The number of rotatable bonds is 6. The van der Waals surface area contributed by atoms with Crippen LogP contribution in [0.2, 0.25) is 5.02 Å². The first-order valence-corrected chi connectivity index (χ1v) is 12.5. The molecular formula is C28H24ClF3N4O4. The summed E-state index contributed by atoms with van der Waals surface area (Å²) in [7, 11) is 0. The Bertz CT molecular complexity index is 1430. The highest BCUT2D eigenvalue weighted by Crippen LogP contribution is 2.35. The van der Waals surface area contributed by atoms with E-state index < -0.39 is 35.8 Å². The molecule has 208 valence electrons. The van der Waals surface area contributed by atoms with Crippen LogP contribution in [0.15, 0.2) is 89.0 Å². The maximum Gasteiger partial charge on any atom is 0.416 e. The number of hydrogen-bond acceptors (Lipinski definition) is 6. The summed E-state index contributed by atoms with van der Waals surface area (Å²) < 4.78 is 44.5. The Kier molecular flexibility index (Phi) is 8.55. The number of nitrogens with one attached hydrogen (secondary N) is 1. The van der Waals surface area contributed by atoms with Gasteiger partial charge in [0, 0.05) is 16.1 Å². The number of aliphatic hydroxyl groups is 1. The molecule has 1 heterocycles. The fraction of sp³-hybridized carbons (Fsp3) is 0.214. The molecule has 40 heavy (non-hydrogen) atoms. The van der Waals surface area contributed by atoms with Crippen molar-refractivity contribution in [2.45, 2.75) is 18.7 Å². The molecule has 8 nitrogen and oxygen atoms in total. The van der Waals surface area contributed by atoms with E-state index in [0.29, 0.717) is 10.6 Å². The van der Waals surface area contributed by atoms with Gasteiger partial charge in [0.05, 0.1) is 18.7 Å². The molecule has 0 radical (unpaired) electrons. The van der Waals surface area contributed by atoms with Crippen molar-refractivity contribution in [3.63, 3.8) is 0 Å². The predicted octanol–water partition coefficient (Wildman–Crippen LogP) is 4.62. The van der Waals surface area contributed by atoms with Crippen molar-refractivity contribution in [3.05, 3.63) is 106 Å². The van der Waals surface area contributed by atoms with Gasteiger partial charge in [0.25, 0.3) is 5.91 Å². The number of benzene rings is 3. The van der Waals surface area contributed by atoms with Crippen molar-refractivity contribution in [2.24, 2.45) is 10.1 Å². The SMILES string of the molecule is CCOC(=O)CN=C(NC(=O)c1ccc(Cl)cc1)N1CC(O)(c2ccccc2)C(c2ccc(C(F)(F)F)cc2)=N1. The molecule has 1 aliphatic rings. The number of halogens is 4. The van der Waals surface area contributed by atoms with Gasteiger partial charge in [0.2, 0.25) is 5.96 Å². The number of β-amino-alcohol motifs (C(OH)–C–C–N with tert-alkyl or cyclic N) is 1. The van der Waals surface area contributed by atoms with E-state index in [2.05, 4.69) is 15.4 Å². The number of carbonyl (C=O) groups excluding carboxylic acids is 2. The van der Waals surface area contributed by atoms with Crippen LogP contribution in [0.4, 0.5) is 13.2 Å². The molecule has 12 heteroatoms. The van der Waals surface area contributed by atoms with E-state index >= 15 is 0 Å². The highest BCUT2D eigenvalue weighted by molar-refractivity contribution is 6.30. The molecule has 3 aromatic carbocycles. The van der Waals surface area contributed by atoms with Crippen molar-refractivity contribution in [1.82, 2.24) is 10.3 Å². The van der Waals surface area contributed by atoms with Crippen LogP contribution < -0.4 is 5.32 Å². The maximum absolute atomic E-state index is 13.2. The summed E-state index contributed by atoms with van der Waals surface area (Å²) in [5.41, 5.74) is -1.78. The first-order chi connectivity index (χ1) is 19.0. The number of nitrogens with zero attached hydrogens (tertiary/aromatic N) is 3. The second kappa shape index (κ2) is 11.9. The summed E-state index contributed by atoms with van der Waals surface area (Å²) in [6.45, 7) is 1.02. The van der Waals surface area contributed by atoms with E-state index in [9.17, 15) is 27.9 Å². The molecule has 0 bridgehead atoms. The molecule has 0 aliphatic carbocycles. The third-order valence-corrected chi connectivity index (χ3v) is 6.22. The van der Waals surface area contributed by atoms with Crippen molar-refractivity contribution >= 4 is 35.1 Å². The van der Waals surface area contributed by atoms with Crippen LogP contribution in [0, 0.1) is 0 Å². The molecule has 2 N–H and O–H groups in total. The maximum atomic E-state index is 13.2. The summed E-state index contributed by atoms with van der Waals surface area (Å²) in [5.74, 6) is -1.44. The first-order valence-electron chi connectivity index (χ1n) is 12.1. The summed E-state index contributed by atoms with van der Waals surface area (Å²) in [6.07, 6.45) is -4.54. The van der Waals surface area contributed by atoms with Gasteiger partial charge in [-0.25, -0.2) is 10.0 Å². The molecule has 0 saturated heterocycles. The molecule has 0 aromatic heterocycles. The summed E-state index contributed by atoms with van der Waals surface area (Å²) in [4.78, 5) is 29.2. The number of hydrogen-bond donors (Lipinski definition) is 2. The Labute approximate surface area is 232 Å². The lowest BCUT2D eigenvalue weighted by Crippen LogP contribution is -2.45. The fourth-order valence-corrected chi connectivity index (χ4v) is 4.14. The van der Waals surface area contributed by atoms with Crippen LogP contribution in [0.25, 0.3) is 0 Å². The van der Waals surface area contributed by atoms with Crippen molar-refractivity contribution in [1.29, 1.82) is 0 Å². The Morgan fingerprint density at radius 1 is 1.07 bits per heavy atom. The van der Waals surface area contributed by atoms with Crippen molar-refractivity contribution in [3.8, 4) is 0 Å². The number of amides is 1. The summed E-state index contributed by atoms with van der Waals surface area (Å²) >= 11 is 5.92. The van der Waals surface area contributed by atoms with Gasteiger partial charge in [-0.3, -0.25) is 14.9 Å². The van der Waals surface area contributed by atoms with Gasteiger partial charge in [-0.15, -0.1) is 0 Å². The molecule has 1 aliphatic heterocycles. The Balaban J connectivity index is 1.75. The highest BCUT2D eigenvalue weighted by atomic mass is 35.5. The van der Waals surface area contributed by atoms with Gasteiger partial charge >= 0.3 is 12.1 Å². The molecule has 3 aromatic rings. The molecule has 0 spiro atoms. The Morgan fingerprint density at radius 2 is 1.73 bits per heavy atom. The molecule has 0 fully saturated rings. The largest absolute Gasteiger partial charge is 0.465 e. The van der Waals surface area contributed by atoms with Crippen molar-refractivity contribution in [2.75, 3.05) is 19.7 Å². The zero-order valence-corrected chi connectivity index (χ0v) is 21.9. The number of hydrazone groups is 1. The van der Waals surface area contributed by atoms with Crippen LogP contribution in [0.3, 0.4) is 0 Å². The fourth-order valence-electron chi connectivity index (χ4n) is 4.01. The van der Waals surface area contributed by atoms with Gasteiger partial charge < -0.3 is 9.84 Å². The zero-order valence-electron chi connectivity index (χ0n) is 21.2. The lowest BCUT2D eigenvalue weighted by molar-refractivity contribution is -0.141. The van der Waals surface area contributed by atoms with E-state index in [4.69, 9.17) is 16.3 Å². The van der Waals surface area contributed by atoms with Crippen LogP contribution in [0.1, 0.15) is 34.0 Å². The van der Waals surface area contributed by atoms with E-state index in [1.165, 1.54) is 41.4 Å². The second-order valence-electron chi connectivity index (χ2n) is 8.71. The number of ether oxygens (including phenoxy) is 1. The number of alkyl halides is 3. The monoisotopic (exact) mass is 572 g/mol. The molecule has 4 rings (SSSR count). The summed E-state index contributed by atoms with van der Waals surface area (Å²) in [5, 5.41) is 20.6. The quantitative estimate of drug-likeness (QED) is 0.255. The van der Waals surface area contributed by atoms with Gasteiger partial charge in [-0.05, 0) is 48.9 Å². The van der Waals surface area contributed by atoms with Gasteiger partial charge in [0.1, 0.15) is 12.3 Å². The van der Waals surface area contributed by atoms with E-state index in [1.807, 2.05) is 0 Å². The average molecular weight is 573 g/mol. The number of aliphatic imine (C=N–C) groups is 1. The minimum atomic E-state index is -4.54. The van der Waals surface area contributed by atoms with Crippen LogP contribution in [-0.4, -0.2) is 53.4 Å². The highest BCUT2D eigenvalue weighted by Gasteiger charge is 2.45. The Morgan fingerprint density at radius 3 is 2.33 bits per heavy atom. The second-order valence-corrected chi connectivity index (χ2v) is 9.15. The molecule has 1 atom stereocenters. The zero-order chi connectivity index (χ0) is 28.9. The van der Waals surface area contributed by atoms with Crippen LogP contribution >= 0.6 is 11.6 Å². The topological polar surface area (TPSA) is 104 Å².